The molecule has 0 radical (unpaired) electrons. The fourth-order valence-electron chi connectivity index (χ4n) is 3.94. The highest BCUT2D eigenvalue weighted by Crippen LogP contribution is 2.31. The molecule has 1 N–H and O–H groups in total. The zero-order chi connectivity index (χ0) is 21.9. The first kappa shape index (κ1) is 20.2. The summed E-state index contributed by atoms with van der Waals surface area (Å²) in [6.45, 7) is 2.81. The molecule has 5 nitrogen and oxygen atoms in total. The van der Waals surface area contributed by atoms with E-state index in [-0.39, 0.29) is 0 Å². The molecule has 3 aromatic carbocycles. The van der Waals surface area contributed by atoms with Crippen LogP contribution in [0.5, 0.6) is 0 Å². The van der Waals surface area contributed by atoms with Gasteiger partial charge in [-0.2, -0.15) is 5.10 Å². The average Bonchev–Trinajstić information content (AvgIpc) is 3.43. The number of nitrogens with zero attached hydrogens (tertiary/aromatic N) is 4. The van der Waals surface area contributed by atoms with Gasteiger partial charge < -0.3 is 4.57 Å². The number of H-pyrrole nitrogens is 1. The number of aromatic amines is 1. The normalized spacial score (nSPS) is 11.0. The average molecular weight is 438 g/mol. The van der Waals surface area contributed by atoms with E-state index in [1.165, 1.54) is 5.56 Å². The van der Waals surface area contributed by atoms with Gasteiger partial charge in [-0.25, -0.2) is 4.98 Å². The second kappa shape index (κ2) is 8.77. The summed E-state index contributed by atoms with van der Waals surface area (Å²) >= 11 is 5.51. The number of imidazole rings is 1. The van der Waals surface area contributed by atoms with Gasteiger partial charge in [0.1, 0.15) is 5.82 Å². The standard InChI is InChI=1S/C26H23N5S/c1-19-12-14-22(15-13-19)31-23(28-29-26(31)32)16-17-30-18-27-24(20-8-4-2-5-9-20)25(30)21-10-6-3-7-11-21/h2-15,18H,16-17H2,1H3,(H,29,32). The van der Waals surface area contributed by atoms with Gasteiger partial charge in [0.05, 0.1) is 17.7 Å². The van der Waals surface area contributed by atoms with Crippen LogP contribution in [-0.2, 0) is 13.0 Å². The third kappa shape index (κ3) is 3.92. The molecule has 5 aromatic rings. The van der Waals surface area contributed by atoms with Gasteiger partial charge in [-0.1, -0.05) is 78.4 Å². The van der Waals surface area contributed by atoms with Crippen LogP contribution in [0.2, 0.25) is 0 Å². The predicted octanol–water partition coefficient (Wildman–Crippen LogP) is 6.01. The summed E-state index contributed by atoms with van der Waals surface area (Å²) in [7, 11) is 0. The summed E-state index contributed by atoms with van der Waals surface area (Å²) in [5.41, 5.74) is 6.56. The van der Waals surface area contributed by atoms with Crippen LogP contribution in [0.4, 0.5) is 0 Å². The number of nitrogens with one attached hydrogen (secondary N) is 1. The molecule has 2 heterocycles. The predicted molar refractivity (Wildman–Crippen MR) is 130 cm³/mol. The van der Waals surface area contributed by atoms with E-state index in [9.17, 15) is 0 Å². The number of rotatable bonds is 6. The second-order valence-corrected chi connectivity index (χ2v) is 8.12. The molecule has 32 heavy (non-hydrogen) atoms. The van der Waals surface area contributed by atoms with Crippen LogP contribution in [-0.4, -0.2) is 24.3 Å². The zero-order valence-corrected chi connectivity index (χ0v) is 18.6. The third-order valence-electron chi connectivity index (χ3n) is 5.54. The van der Waals surface area contributed by atoms with Crippen LogP contribution in [0.3, 0.4) is 0 Å². The van der Waals surface area contributed by atoms with Gasteiger partial charge in [0.15, 0.2) is 4.77 Å². The summed E-state index contributed by atoms with van der Waals surface area (Å²) in [5.74, 6) is 0.896. The van der Waals surface area contributed by atoms with Gasteiger partial charge in [0.2, 0.25) is 0 Å². The van der Waals surface area contributed by atoms with Gasteiger partial charge >= 0.3 is 0 Å². The Bertz CT molecular complexity index is 1380. The first-order valence-corrected chi connectivity index (χ1v) is 11.0. The van der Waals surface area contributed by atoms with Crippen molar-refractivity contribution >= 4 is 12.2 Å². The molecular weight excluding hydrogens is 414 g/mol. The maximum Gasteiger partial charge on any atom is 0.199 e. The van der Waals surface area contributed by atoms with Crippen molar-refractivity contribution in [3.05, 3.63) is 107 Å². The number of aromatic nitrogens is 5. The van der Waals surface area contributed by atoms with Crippen molar-refractivity contribution in [2.45, 2.75) is 19.9 Å². The van der Waals surface area contributed by atoms with Crippen LogP contribution >= 0.6 is 12.2 Å². The molecular formula is C26H23N5S. The molecule has 158 valence electrons. The number of hydrogen-bond acceptors (Lipinski definition) is 3. The molecule has 0 spiro atoms. The Balaban J connectivity index is 1.51. The van der Waals surface area contributed by atoms with E-state index in [1.807, 2.05) is 35.2 Å². The molecule has 5 rings (SSSR count). The highest BCUT2D eigenvalue weighted by molar-refractivity contribution is 7.71. The third-order valence-corrected chi connectivity index (χ3v) is 5.82. The second-order valence-electron chi connectivity index (χ2n) is 7.73. The highest BCUT2D eigenvalue weighted by Gasteiger charge is 2.16. The van der Waals surface area contributed by atoms with Gasteiger partial charge in [-0.3, -0.25) is 9.67 Å². The lowest BCUT2D eigenvalue weighted by atomic mass is 10.0. The first-order valence-electron chi connectivity index (χ1n) is 10.6. The molecule has 0 fully saturated rings. The molecule has 2 aromatic heterocycles. The molecule has 0 atom stereocenters. The van der Waals surface area contributed by atoms with Crippen molar-refractivity contribution in [1.82, 2.24) is 24.3 Å². The number of hydrogen-bond donors (Lipinski definition) is 1. The molecule has 0 saturated carbocycles. The van der Waals surface area contributed by atoms with E-state index in [1.54, 1.807) is 0 Å². The van der Waals surface area contributed by atoms with Gasteiger partial charge in [-0.05, 0) is 31.3 Å². The molecule has 0 aliphatic carbocycles. The van der Waals surface area contributed by atoms with Crippen molar-refractivity contribution in [2.75, 3.05) is 0 Å². The summed E-state index contributed by atoms with van der Waals surface area (Å²) < 4.78 is 4.81. The minimum absolute atomic E-state index is 0.600. The molecule has 6 heteroatoms. The number of benzene rings is 3. The monoisotopic (exact) mass is 437 g/mol. The first-order chi connectivity index (χ1) is 15.7. The van der Waals surface area contributed by atoms with E-state index in [2.05, 4.69) is 82.4 Å². The van der Waals surface area contributed by atoms with Crippen molar-refractivity contribution in [2.24, 2.45) is 0 Å². The van der Waals surface area contributed by atoms with Crippen molar-refractivity contribution in [3.8, 4) is 28.2 Å². The Kier molecular flexibility index (Phi) is 5.52. The van der Waals surface area contributed by atoms with Gasteiger partial charge in [0, 0.05) is 29.8 Å². The minimum Gasteiger partial charge on any atom is -0.330 e. The van der Waals surface area contributed by atoms with Crippen molar-refractivity contribution in [1.29, 1.82) is 0 Å². The Morgan fingerprint density at radius 2 is 1.50 bits per heavy atom. The van der Waals surface area contributed by atoms with Crippen molar-refractivity contribution < 1.29 is 0 Å². The van der Waals surface area contributed by atoms with Crippen LogP contribution in [0.25, 0.3) is 28.2 Å². The number of aryl methyl sites for hydroxylation is 3. The van der Waals surface area contributed by atoms with Gasteiger partial charge in [0.25, 0.3) is 0 Å². The molecule has 0 bridgehead atoms. The topological polar surface area (TPSA) is 51.4 Å². The SMILES string of the molecule is Cc1ccc(-n2c(CCn3cnc(-c4ccccc4)c3-c3ccccc3)n[nH]c2=S)cc1. The maximum absolute atomic E-state index is 5.51. The van der Waals surface area contributed by atoms with Crippen molar-refractivity contribution in [3.63, 3.8) is 0 Å². The van der Waals surface area contributed by atoms with Crippen LogP contribution < -0.4 is 0 Å². The van der Waals surface area contributed by atoms with Crippen LogP contribution in [0, 0.1) is 11.7 Å². The summed E-state index contributed by atoms with van der Waals surface area (Å²) in [4.78, 5) is 4.78. The summed E-state index contributed by atoms with van der Waals surface area (Å²) in [6.07, 6.45) is 2.63. The quantitative estimate of drug-likeness (QED) is 0.331. The molecule has 0 aliphatic heterocycles. The molecule has 0 amide bonds. The van der Waals surface area contributed by atoms with Crippen LogP contribution in [0.1, 0.15) is 11.4 Å². The van der Waals surface area contributed by atoms with Gasteiger partial charge in [-0.15, -0.1) is 0 Å². The Labute approximate surface area is 192 Å². The lowest BCUT2D eigenvalue weighted by Gasteiger charge is -2.12. The largest absolute Gasteiger partial charge is 0.330 e. The van der Waals surface area contributed by atoms with Crippen LogP contribution in [0.15, 0.2) is 91.3 Å². The Hall–Kier alpha value is -3.77. The van der Waals surface area contributed by atoms with E-state index < -0.39 is 0 Å². The van der Waals surface area contributed by atoms with E-state index in [0.29, 0.717) is 11.2 Å². The lowest BCUT2D eigenvalue weighted by molar-refractivity contribution is 0.666. The maximum atomic E-state index is 5.51. The van der Waals surface area contributed by atoms with E-state index in [4.69, 9.17) is 17.2 Å². The van der Waals surface area contributed by atoms with E-state index in [0.717, 1.165) is 40.6 Å². The fraction of sp³-hybridized carbons (Fsp3) is 0.115. The Morgan fingerprint density at radius 3 is 2.19 bits per heavy atom. The highest BCUT2D eigenvalue weighted by atomic mass is 32.1. The Morgan fingerprint density at radius 1 is 0.844 bits per heavy atom. The minimum atomic E-state index is 0.600. The summed E-state index contributed by atoms with van der Waals surface area (Å²) in [6, 6.07) is 29.0. The molecule has 0 aliphatic rings. The summed E-state index contributed by atoms with van der Waals surface area (Å²) in [5, 5.41) is 7.46. The van der Waals surface area contributed by atoms with E-state index >= 15 is 0 Å². The molecule has 0 saturated heterocycles. The smallest absolute Gasteiger partial charge is 0.199 e. The fourth-order valence-corrected chi connectivity index (χ4v) is 4.19. The zero-order valence-electron chi connectivity index (χ0n) is 17.8. The lowest BCUT2D eigenvalue weighted by Crippen LogP contribution is -2.08. The molecule has 0 unspecified atom stereocenters.